The fraction of sp³-hybridized carbons (Fsp3) is 0.929. The second kappa shape index (κ2) is 5.83. The second-order valence-electron chi connectivity index (χ2n) is 5.90. The van der Waals surface area contributed by atoms with Crippen LogP contribution in [-0.2, 0) is 0 Å². The molecule has 0 aromatic heterocycles. The fourth-order valence-corrected chi connectivity index (χ4v) is 4.16. The van der Waals surface area contributed by atoms with Crippen LogP contribution in [0.4, 0.5) is 0 Å². The minimum atomic E-state index is 0.800. The van der Waals surface area contributed by atoms with Crippen molar-refractivity contribution in [2.24, 2.45) is 16.8 Å². The first kappa shape index (κ1) is 12.8. The fourth-order valence-electron chi connectivity index (χ4n) is 2.94. The number of nitrogens with one attached hydrogen (secondary N) is 1. The van der Waals surface area contributed by atoms with Crippen LogP contribution in [0.2, 0.25) is 0 Å². The van der Waals surface area contributed by atoms with Crippen LogP contribution >= 0.6 is 11.8 Å². The van der Waals surface area contributed by atoms with Crippen molar-refractivity contribution in [3.63, 3.8) is 0 Å². The molecule has 0 radical (unpaired) electrons. The minimum absolute atomic E-state index is 0.800. The van der Waals surface area contributed by atoms with Gasteiger partial charge in [0, 0.05) is 11.8 Å². The highest BCUT2D eigenvalue weighted by atomic mass is 32.2. The van der Waals surface area contributed by atoms with Gasteiger partial charge in [0.25, 0.3) is 0 Å². The molecule has 1 saturated heterocycles. The van der Waals surface area contributed by atoms with Crippen molar-refractivity contribution in [1.82, 2.24) is 10.2 Å². The largest absolute Gasteiger partial charge is 0.365 e. The molecule has 102 valence electrons. The maximum absolute atomic E-state index is 4.65. The Morgan fingerprint density at radius 3 is 2.72 bits per heavy atom. The minimum Gasteiger partial charge on any atom is -0.365 e. The summed E-state index contributed by atoms with van der Waals surface area (Å²) in [5.74, 6) is 1.84. The molecular weight excluding hydrogens is 242 g/mol. The molecular formula is C14H25N3S. The Kier molecular flexibility index (Phi) is 4.14. The lowest BCUT2D eigenvalue weighted by Gasteiger charge is -2.31. The normalized spacial score (nSPS) is 30.5. The van der Waals surface area contributed by atoms with E-state index in [0.29, 0.717) is 0 Å². The van der Waals surface area contributed by atoms with Gasteiger partial charge in [-0.2, -0.15) is 0 Å². The number of rotatable bonds is 4. The van der Waals surface area contributed by atoms with E-state index in [-0.39, 0.29) is 0 Å². The van der Waals surface area contributed by atoms with Crippen LogP contribution < -0.4 is 5.32 Å². The summed E-state index contributed by atoms with van der Waals surface area (Å²) in [4.78, 5) is 7.21. The Labute approximate surface area is 115 Å². The Hall–Kier alpha value is -0.220. The van der Waals surface area contributed by atoms with Crippen molar-refractivity contribution >= 4 is 16.9 Å². The molecule has 1 N–H and O–H groups in total. The van der Waals surface area contributed by atoms with E-state index in [4.69, 9.17) is 0 Å². The molecule has 0 aromatic carbocycles. The molecule has 1 unspecified atom stereocenters. The van der Waals surface area contributed by atoms with Crippen LogP contribution in [0.25, 0.3) is 0 Å². The van der Waals surface area contributed by atoms with Crippen LogP contribution in [0.1, 0.15) is 32.6 Å². The quantitative estimate of drug-likeness (QED) is 0.846. The Morgan fingerprint density at radius 1 is 1.28 bits per heavy atom. The number of thioether (sulfide) groups is 1. The summed E-state index contributed by atoms with van der Waals surface area (Å²) in [5.41, 5.74) is 0. The van der Waals surface area contributed by atoms with Crippen molar-refractivity contribution in [1.29, 1.82) is 0 Å². The number of hydrogen-bond donors (Lipinski definition) is 1. The van der Waals surface area contributed by atoms with E-state index in [1.54, 1.807) is 0 Å². The third-order valence-corrected chi connectivity index (χ3v) is 5.86. The highest BCUT2D eigenvalue weighted by Gasteiger charge is 2.35. The molecule has 0 bridgehead atoms. The standard InChI is InChI=1S/C14H25N3S/c1-2-17-7-5-11(6-8-17)9-15-14-16-10-13(18-14)12-3-4-12/h11-13H,2-10H2,1H3,(H,15,16). The number of aliphatic imine (C=N–C) groups is 1. The maximum atomic E-state index is 4.65. The molecule has 0 aromatic rings. The van der Waals surface area contributed by atoms with Crippen molar-refractivity contribution in [2.75, 3.05) is 32.7 Å². The smallest absolute Gasteiger partial charge is 0.156 e. The Balaban J connectivity index is 1.35. The van der Waals surface area contributed by atoms with Gasteiger partial charge in [-0.1, -0.05) is 18.7 Å². The molecule has 0 amide bonds. The molecule has 3 nitrogen and oxygen atoms in total. The van der Waals surface area contributed by atoms with E-state index in [9.17, 15) is 0 Å². The lowest BCUT2D eigenvalue weighted by atomic mass is 9.97. The topological polar surface area (TPSA) is 27.6 Å². The first-order chi connectivity index (χ1) is 8.85. The number of amidine groups is 1. The number of piperidine rings is 1. The summed E-state index contributed by atoms with van der Waals surface area (Å²) in [6, 6.07) is 0. The predicted octanol–water partition coefficient (Wildman–Crippen LogP) is 2.19. The average molecular weight is 267 g/mol. The number of hydrogen-bond acceptors (Lipinski definition) is 4. The van der Waals surface area contributed by atoms with E-state index in [2.05, 4.69) is 22.1 Å². The molecule has 1 saturated carbocycles. The van der Waals surface area contributed by atoms with Gasteiger partial charge in [0.05, 0.1) is 6.54 Å². The molecule has 3 aliphatic rings. The first-order valence-corrected chi connectivity index (χ1v) is 8.40. The molecule has 0 spiro atoms. The van der Waals surface area contributed by atoms with Gasteiger partial charge < -0.3 is 10.2 Å². The monoisotopic (exact) mass is 267 g/mol. The SMILES string of the molecule is CCN1CCC(CNC2=NCC(C3CC3)S2)CC1. The highest BCUT2D eigenvalue weighted by molar-refractivity contribution is 8.14. The number of nitrogens with zero attached hydrogens (tertiary/aromatic N) is 2. The van der Waals surface area contributed by atoms with Crippen LogP contribution in [0.3, 0.4) is 0 Å². The number of likely N-dealkylation sites (tertiary alicyclic amines) is 1. The van der Waals surface area contributed by atoms with Gasteiger partial charge in [-0.3, -0.25) is 4.99 Å². The molecule has 18 heavy (non-hydrogen) atoms. The van der Waals surface area contributed by atoms with E-state index >= 15 is 0 Å². The summed E-state index contributed by atoms with van der Waals surface area (Å²) >= 11 is 2.00. The second-order valence-corrected chi connectivity index (χ2v) is 7.13. The van der Waals surface area contributed by atoms with E-state index in [1.165, 1.54) is 50.5 Å². The zero-order valence-electron chi connectivity index (χ0n) is 11.4. The van der Waals surface area contributed by atoms with Gasteiger partial charge in [0.2, 0.25) is 0 Å². The third kappa shape index (κ3) is 3.21. The summed E-state index contributed by atoms with van der Waals surface area (Å²) in [6.07, 6.45) is 5.58. The summed E-state index contributed by atoms with van der Waals surface area (Å²) in [7, 11) is 0. The van der Waals surface area contributed by atoms with Gasteiger partial charge in [-0.25, -0.2) is 0 Å². The molecule has 4 heteroatoms. The van der Waals surface area contributed by atoms with Gasteiger partial charge in [0.15, 0.2) is 5.17 Å². The predicted molar refractivity (Wildman–Crippen MR) is 79.2 cm³/mol. The molecule has 2 fully saturated rings. The summed E-state index contributed by atoms with van der Waals surface area (Å²) < 4.78 is 0. The van der Waals surface area contributed by atoms with Gasteiger partial charge in [0.1, 0.15) is 0 Å². The van der Waals surface area contributed by atoms with Crippen LogP contribution in [0.15, 0.2) is 4.99 Å². The van der Waals surface area contributed by atoms with Gasteiger partial charge in [-0.05, 0) is 57.2 Å². The molecule has 1 atom stereocenters. The third-order valence-electron chi connectivity index (χ3n) is 4.52. The highest BCUT2D eigenvalue weighted by Crippen LogP contribution is 2.41. The van der Waals surface area contributed by atoms with Crippen molar-refractivity contribution in [2.45, 2.75) is 37.9 Å². The molecule has 1 aliphatic carbocycles. The zero-order valence-corrected chi connectivity index (χ0v) is 12.2. The zero-order chi connectivity index (χ0) is 12.4. The summed E-state index contributed by atoms with van der Waals surface area (Å²) in [5, 5.41) is 5.62. The average Bonchev–Trinajstić information content (AvgIpc) is 3.16. The van der Waals surface area contributed by atoms with Crippen LogP contribution in [-0.4, -0.2) is 48.0 Å². The maximum Gasteiger partial charge on any atom is 0.156 e. The van der Waals surface area contributed by atoms with E-state index in [1.807, 2.05) is 11.8 Å². The molecule has 3 rings (SSSR count). The lowest BCUT2D eigenvalue weighted by Crippen LogP contribution is -2.37. The molecule has 2 aliphatic heterocycles. The van der Waals surface area contributed by atoms with Crippen molar-refractivity contribution < 1.29 is 0 Å². The van der Waals surface area contributed by atoms with Crippen molar-refractivity contribution in [3.05, 3.63) is 0 Å². The van der Waals surface area contributed by atoms with E-state index in [0.717, 1.165) is 30.2 Å². The van der Waals surface area contributed by atoms with Crippen LogP contribution in [0.5, 0.6) is 0 Å². The van der Waals surface area contributed by atoms with Crippen molar-refractivity contribution in [3.8, 4) is 0 Å². The van der Waals surface area contributed by atoms with E-state index < -0.39 is 0 Å². The van der Waals surface area contributed by atoms with Gasteiger partial charge in [-0.15, -0.1) is 0 Å². The van der Waals surface area contributed by atoms with Crippen LogP contribution in [0, 0.1) is 11.8 Å². The molecule has 2 heterocycles. The van der Waals surface area contributed by atoms with Gasteiger partial charge >= 0.3 is 0 Å². The first-order valence-electron chi connectivity index (χ1n) is 7.52. The Bertz CT molecular complexity index is 306. The summed E-state index contributed by atoms with van der Waals surface area (Å²) in [6.45, 7) is 8.25. The Morgan fingerprint density at radius 2 is 2.06 bits per heavy atom. The lowest BCUT2D eigenvalue weighted by molar-refractivity contribution is 0.193.